The normalized spacial score (nSPS) is 34.2. The molecule has 102 valence electrons. The summed E-state index contributed by atoms with van der Waals surface area (Å²) in [6.45, 7) is 6.86. The largest absolute Gasteiger partial charge is 0.317 e. The predicted octanol–water partition coefficient (Wildman–Crippen LogP) is 2.50. The Kier molecular flexibility index (Phi) is 2.92. The van der Waals surface area contributed by atoms with Crippen molar-refractivity contribution in [3.63, 3.8) is 0 Å². The summed E-state index contributed by atoms with van der Waals surface area (Å²) in [6, 6.07) is 0. The molecular formula is C16H28N2. The Hall–Kier alpha value is -0.0800. The van der Waals surface area contributed by atoms with Crippen molar-refractivity contribution in [3.8, 4) is 0 Å². The van der Waals surface area contributed by atoms with Gasteiger partial charge >= 0.3 is 0 Å². The molecule has 0 aromatic carbocycles. The third kappa shape index (κ3) is 2.60. The lowest BCUT2D eigenvalue weighted by atomic mass is 9.92. The number of piperidine rings is 1. The molecule has 0 radical (unpaired) electrons. The highest BCUT2D eigenvalue weighted by Crippen LogP contribution is 2.58. The first kappa shape index (κ1) is 11.7. The second-order valence-electron chi connectivity index (χ2n) is 7.62. The highest BCUT2D eigenvalue weighted by atomic mass is 15.1. The average Bonchev–Trinajstić information content (AvgIpc) is 3.19. The molecule has 1 saturated heterocycles. The van der Waals surface area contributed by atoms with Crippen molar-refractivity contribution in [1.29, 1.82) is 0 Å². The Morgan fingerprint density at radius 2 is 1.50 bits per heavy atom. The maximum absolute atomic E-state index is 3.53. The summed E-state index contributed by atoms with van der Waals surface area (Å²) in [6.07, 6.45) is 10.5. The number of nitrogens with one attached hydrogen (secondary N) is 1. The van der Waals surface area contributed by atoms with E-state index >= 15 is 0 Å². The number of nitrogens with zero attached hydrogens (tertiary/aromatic N) is 1. The zero-order valence-corrected chi connectivity index (χ0v) is 11.7. The van der Waals surface area contributed by atoms with E-state index in [2.05, 4.69) is 10.2 Å². The van der Waals surface area contributed by atoms with Crippen LogP contribution in [-0.4, -0.2) is 37.6 Å². The minimum absolute atomic E-state index is 0.788. The van der Waals surface area contributed by atoms with Crippen LogP contribution in [0.3, 0.4) is 0 Å². The molecule has 0 aromatic heterocycles. The summed E-state index contributed by atoms with van der Waals surface area (Å²) in [5.74, 6) is 3.20. The quantitative estimate of drug-likeness (QED) is 0.777. The average molecular weight is 248 g/mol. The monoisotopic (exact) mass is 248 g/mol. The molecule has 3 aliphatic carbocycles. The van der Waals surface area contributed by atoms with Crippen LogP contribution in [-0.2, 0) is 0 Å². The van der Waals surface area contributed by atoms with E-state index in [9.17, 15) is 0 Å². The van der Waals surface area contributed by atoms with Crippen LogP contribution >= 0.6 is 0 Å². The summed E-state index contributed by atoms with van der Waals surface area (Å²) in [5, 5.41) is 3.53. The first-order valence-corrected chi connectivity index (χ1v) is 8.27. The van der Waals surface area contributed by atoms with E-state index < -0.39 is 0 Å². The van der Waals surface area contributed by atoms with Gasteiger partial charge < -0.3 is 10.2 Å². The van der Waals surface area contributed by atoms with Gasteiger partial charge in [-0.15, -0.1) is 0 Å². The summed E-state index contributed by atoms with van der Waals surface area (Å²) in [7, 11) is 0. The van der Waals surface area contributed by atoms with Gasteiger partial charge in [-0.3, -0.25) is 0 Å². The zero-order chi connectivity index (χ0) is 12.0. The van der Waals surface area contributed by atoms with E-state index in [4.69, 9.17) is 0 Å². The van der Waals surface area contributed by atoms with Gasteiger partial charge in [0.25, 0.3) is 0 Å². The Labute approximate surface area is 111 Å². The van der Waals surface area contributed by atoms with Gasteiger partial charge in [0.05, 0.1) is 0 Å². The van der Waals surface area contributed by atoms with Gasteiger partial charge in [0, 0.05) is 19.6 Å². The van der Waals surface area contributed by atoms with Gasteiger partial charge in [0.15, 0.2) is 0 Å². The second-order valence-corrected chi connectivity index (χ2v) is 7.62. The molecule has 18 heavy (non-hydrogen) atoms. The molecule has 4 aliphatic rings. The van der Waals surface area contributed by atoms with Crippen LogP contribution in [0.15, 0.2) is 0 Å². The molecule has 1 atom stereocenters. The van der Waals surface area contributed by atoms with Gasteiger partial charge in [-0.1, -0.05) is 0 Å². The molecule has 0 amide bonds. The number of hydrogen-bond donors (Lipinski definition) is 1. The lowest BCUT2D eigenvalue weighted by Crippen LogP contribution is -2.34. The molecule has 1 N–H and O–H groups in total. The lowest BCUT2D eigenvalue weighted by molar-refractivity contribution is 0.215. The molecule has 0 aromatic rings. The molecule has 0 bridgehead atoms. The molecule has 3 saturated carbocycles. The highest BCUT2D eigenvalue weighted by Gasteiger charge is 2.54. The Morgan fingerprint density at radius 1 is 0.889 bits per heavy atom. The second kappa shape index (κ2) is 4.49. The van der Waals surface area contributed by atoms with E-state index in [1.807, 2.05) is 0 Å². The van der Waals surface area contributed by atoms with Gasteiger partial charge in [0.1, 0.15) is 0 Å². The molecule has 1 aliphatic heterocycles. The summed E-state index contributed by atoms with van der Waals surface area (Å²) < 4.78 is 0. The van der Waals surface area contributed by atoms with E-state index in [0.717, 1.165) is 23.2 Å². The van der Waals surface area contributed by atoms with Crippen LogP contribution in [0.5, 0.6) is 0 Å². The van der Waals surface area contributed by atoms with E-state index in [0.29, 0.717) is 0 Å². The van der Waals surface area contributed by atoms with Crippen LogP contribution in [0.25, 0.3) is 0 Å². The highest BCUT2D eigenvalue weighted by molar-refractivity contribution is 5.05. The van der Waals surface area contributed by atoms with Crippen LogP contribution in [0, 0.1) is 23.2 Å². The van der Waals surface area contributed by atoms with E-state index in [1.165, 1.54) is 71.2 Å². The number of hydrogen-bond acceptors (Lipinski definition) is 2. The van der Waals surface area contributed by atoms with Gasteiger partial charge in [-0.05, 0) is 81.2 Å². The molecule has 2 heteroatoms. The van der Waals surface area contributed by atoms with E-state index in [1.54, 1.807) is 6.42 Å². The summed E-state index contributed by atoms with van der Waals surface area (Å²) in [5.41, 5.74) is 0.788. The maximum Gasteiger partial charge on any atom is 0.00154 e. The van der Waals surface area contributed by atoms with Gasteiger partial charge in [0.2, 0.25) is 0 Å². The van der Waals surface area contributed by atoms with Crippen molar-refractivity contribution in [3.05, 3.63) is 0 Å². The fourth-order valence-electron chi connectivity index (χ4n) is 4.09. The summed E-state index contributed by atoms with van der Waals surface area (Å²) >= 11 is 0. The van der Waals surface area contributed by atoms with Crippen LogP contribution in [0.4, 0.5) is 0 Å². The van der Waals surface area contributed by atoms with Gasteiger partial charge in [-0.25, -0.2) is 0 Å². The van der Waals surface area contributed by atoms with Crippen molar-refractivity contribution in [2.24, 2.45) is 23.2 Å². The maximum atomic E-state index is 3.53. The minimum Gasteiger partial charge on any atom is -0.317 e. The molecule has 4 fully saturated rings. The van der Waals surface area contributed by atoms with Gasteiger partial charge in [-0.2, -0.15) is 0 Å². The molecule has 1 heterocycles. The SMILES string of the molecule is C1CC2(CCN1)CC2CN(CC1CC1)CC1CC1. The molecule has 4 rings (SSSR count). The summed E-state index contributed by atoms with van der Waals surface area (Å²) in [4.78, 5) is 2.86. The standard InChI is InChI=1S/C16H28N2/c1-2-13(1)10-18(11-14-3-4-14)12-15-9-16(15)5-7-17-8-6-16/h13-15,17H,1-12H2. The predicted molar refractivity (Wildman–Crippen MR) is 74.5 cm³/mol. The van der Waals surface area contributed by atoms with E-state index in [-0.39, 0.29) is 0 Å². The lowest BCUT2D eigenvalue weighted by Gasteiger charge is -2.27. The smallest absolute Gasteiger partial charge is 0.00154 e. The molecular weight excluding hydrogens is 220 g/mol. The Bertz CT molecular complexity index is 286. The zero-order valence-electron chi connectivity index (χ0n) is 11.7. The van der Waals surface area contributed by atoms with Crippen molar-refractivity contribution in [2.75, 3.05) is 32.7 Å². The molecule has 1 spiro atoms. The first-order chi connectivity index (χ1) is 8.84. The van der Waals surface area contributed by atoms with Crippen LogP contribution in [0.2, 0.25) is 0 Å². The topological polar surface area (TPSA) is 15.3 Å². The molecule has 2 nitrogen and oxygen atoms in total. The fraction of sp³-hybridized carbons (Fsp3) is 1.00. The third-order valence-electron chi connectivity index (χ3n) is 5.86. The first-order valence-electron chi connectivity index (χ1n) is 8.27. The minimum atomic E-state index is 0.788. The van der Waals surface area contributed by atoms with Crippen LogP contribution < -0.4 is 5.32 Å². The molecule has 1 unspecified atom stereocenters. The third-order valence-corrected chi connectivity index (χ3v) is 5.86. The van der Waals surface area contributed by atoms with Crippen LogP contribution in [0.1, 0.15) is 44.9 Å². The van der Waals surface area contributed by atoms with Crippen molar-refractivity contribution < 1.29 is 0 Å². The Morgan fingerprint density at radius 3 is 2.06 bits per heavy atom. The van der Waals surface area contributed by atoms with Crippen molar-refractivity contribution in [1.82, 2.24) is 10.2 Å². The van der Waals surface area contributed by atoms with Crippen molar-refractivity contribution in [2.45, 2.75) is 44.9 Å². The fourth-order valence-corrected chi connectivity index (χ4v) is 4.09. The Balaban J connectivity index is 1.30. The van der Waals surface area contributed by atoms with Crippen molar-refractivity contribution >= 4 is 0 Å². The number of rotatable bonds is 6.